The van der Waals surface area contributed by atoms with Crippen molar-refractivity contribution in [3.63, 3.8) is 0 Å². The summed E-state index contributed by atoms with van der Waals surface area (Å²) in [6.07, 6.45) is 1.58. The number of fused-ring (bicyclic) bond motifs is 1. The highest BCUT2D eigenvalue weighted by Gasteiger charge is 2.33. The zero-order valence-corrected chi connectivity index (χ0v) is 11.2. The normalized spacial score (nSPS) is 23.4. The smallest absolute Gasteiger partial charge is 0.0813 e. The third-order valence-corrected chi connectivity index (χ3v) is 3.14. The van der Waals surface area contributed by atoms with Crippen molar-refractivity contribution < 1.29 is 4.74 Å². The summed E-state index contributed by atoms with van der Waals surface area (Å²) in [5.74, 6) is 0. The molecule has 17 heavy (non-hydrogen) atoms. The predicted octanol–water partition coefficient (Wildman–Crippen LogP) is 3.08. The molecule has 2 heteroatoms. The zero-order valence-electron chi connectivity index (χ0n) is 11.2. The van der Waals surface area contributed by atoms with Crippen LogP contribution in [0.25, 0.3) is 0 Å². The highest BCUT2D eigenvalue weighted by molar-refractivity contribution is 5.36. The van der Waals surface area contributed by atoms with E-state index in [2.05, 4.69) is 57.3 Å². The minimum atomic E-state index is 0.273. The van der Waals surface area contributed by atoms with Crippen molar-refractivity contribution in [1.29, 1.82) is 0 Å². The summed E-state index contributed by atoms with van der Waals surface area (Å²) in [6, 6.07) is 9.49. The summed E-state index contributed by atoms with van der Waals surface area (Å²) in [4.78, 5) is 0. The lowest BCUT2D eigenvalue weighted by molar-refractivity contribution is -0.00834. The van der Waals surface area contributed by atoms with Crippen LogP contribution in [0.4, 0.5) is 0 Å². The number of benzene rings is 1. The van der Waals surface area contributed by atoms with Crippen LogP contribution in [0.3, 0.4) is 0 Å². The Morgan fingerprint density at radius 3 is 2.53 bits per heavy atom. The van der Waals surface area contributed by atoms with Gasteiger partial charge in [0.1, 0.15) is 0 Å². The van der Waals surface area contributed by atoms with Crippen molar-refractivity contribution in [2.45, 2.75) is 58.4 Å². The van der Waals surface area contributed by atoms with Crippen LogP contribution < -0.4 is 5.32 Å². The molecule has 1 aromatic carbocycles. The SMILES string of the molecule is CC(C)NC1c2ccccc2CC1OC(C)C. The Morgan fingerprint density at radius 2 is 1.88 bits per heavy atom. The first kappa shape index (κ1) is 12.6. The summed E-state index contributed by atoms with van der Waals surface area (Å²) in [7, 11) is 0. The Labute approximate surface area is 104 Å². The molecule has 0 heterocycles. The van der Waals surface area contributed by atoms with Gasteiger partial charge < -0.3 is 10.1 Å². The van der Waals surface area contributed by atoms with Gasteiger partial charge in [0.25, 0.3) is 0 Å². The van der Waals surface area contributed by atoms with Crippen LogP contribution in [-0.4, -0.2) is 18.2 Å². The Kier molecular flexibility index (Phi) is 3.85. The fourth-order valence-electron chi connectivity index (χ4n) is 2.59. The largest absolute Gasteiger partial charge is 0.373 e. The molecule has 2 nitrogen and oxygen atoms in total. The number of nitrogens with one attached hydrogen (secondary N) is 1. The van der Waals surface area contributed by atoms with E-state index in [4.69, 9.17) is 4.74 Å². The second kappa shape index (κ2) is 5.19. The molecule has 0 radical (unpaired) electrons. The molecule has 0 fully saturated rings. The maximum atomic E-state index is 6.04. The van der Waals surface area contributed by atoms with Gasteiger partial charge in [0.05, 0.1) is 18.2 Å². The van der Waals surface area contributed by atoms with E-state index in [0.29, 0.717) is 12.1 Å². The van der Waals surface area contributed by atoms with Gasteiger partial charge in [0.15, 0.2) is 0 Å². The second-order valence-corrected chi connectivity index (χ2v) is 5.43. The number of hydrogen-bond donors (Lipinski definition) is 1. The first-order chi connectivity index (χ1) is 8.08. The molecule has 0 aromatic heterocycles. The first-order valence-electron chi connectivity index (χ1n) is 6.57. The van der Waals surface area contributed by atoms with Gasteiger partial charge in [-0.05, 0) is 25.0 Å². The number of ether oxygens (including phenoxy) is 1. The Morgan fingerprint density at radius 1 is 1.18 bits per heavy atom. The third-order valence-electron chi connectivity index (χ3n) is 3.14. The summed E-state index contributed by atoms with van der Waals surface area (Å²) < 4.78 is 6.04. The highest BCUT2D eigenvalue weighted by atomic mass is 16.5. The number of hydrogen-bond acceptors (Lipinski definition) is 2. The van der Waals surface area contributed by atoms with Gasteiger partial charge in [-0.15, -0.1) is 0 Å². The maximum absolute atomic E-state index is 6.04. The van der Waals surface area contributed by atoms with E-state index in [1.54, 1.807) is 0 Å². The molecule has 0 spiro atoms. The fourth-order valence-corrected chi connectivity index (χ4v) is 2.59. The van der Waals surface area contributed by atoms with E-state index in [9.17, 15) is 0 Å². The predicted molar refractivity (Wildman–Crippen MR) is 71.2 cm³/mol. The van der Waals surface area contributed by atoms with Gasteiger partial charge >= 0.3 is 0 Å². The van der Waals surface area contributed by atoms with Crippen LogP contribution in [0.5, 0.6) is 0 Å². The van der Waals surface area contributed by atoms with Gasteiger partial charge in [-0.3, -0.25) is 0 Å². The molecule has 1 aromatic rings. The molecule has 1 aliphatic carbocycles. The minimum absolute atomic E-state index is 0.273. The Hall–Kier alpha value is -0.860. The lowest BCUT2D eigenvalue weighted by atomic mass is 10.1. The molecule has 94 valence electrons. The van der Waals surface area contributed by atoms with Crippen LogP contribution in [0, 0.1) is 0 Å². The van der Waals surface area contributed by atoms with Crippen molar-refractivity contribution in [2.24, 2.45) is 0 Å². The van der Waals surface area contributed by atoms with E-state index < -0.39 is 0 Å². The molecule has 2 unspecified atom stereocenters. The summed E-state index contributed by atoms with van der Waals surface area (Å²) >= 11 is 0. The molecule has 0 aliphatic heterocycles. The van der Waals surface area contributed by atoms with Gasteiger partial charge in [0.2, 0.25) is 0 Å². The number of rotatable bonds is 4. The van der Waals surface area contributed by atoms with Crippen molar-refractivity contribution >= 4 is 0 Å². The van der Waals surface area contributed by atoms with Crippen LogP contribution in [0.2, 0.25) is 0 Å². The monoisotopic (exact) mass is 233 g/mol. The van der Waals surface area contributed by atoms with E-state index >= 15 is 0 Å². The van der Waals surface area contributed by atoms with Crippen LogP contribution in [0.15, 0.2) is 24.3 Å². The van der Waals surface area contributed by atoms with E-state index in [1.807, 2.05) is 0 Å². The summed E-state index contributed by atoms with van der Waals surface area (Å²) in [5.41, 5.74) is 2.84. The van der Waals surface area contributed by atoms with Gasteiger partial charge in [-0.1, -0.05) is 38.1 Å². The Bertz CT molecular complexity index is 373. The molecule has 0 saturated heterocycles. The topological polar surface area (TPSA) is 21.3 Å². The molecule has 0 bridgehead atoms. The van der Waals surface area contributed by atoms with E-state index in [1.165, 1.54) is 11.1 Å². The molecule has 2 atom stereocenters. The average Bonchev–Trinajstić information content (AvgIpc) is 2.55. The van der Waals surface area contributed by atoms with Crippen molar-refractivity contribution in [1.82, 2.24) is 5.32 Å². The van der Waals surface area contributed by atoms with Crippen LogP contribution >= 0.6 is 0 Å². The van der Waals surface area contributed by atoms with Crippen molar-refractivity contribution in [3.8, 4) is 0 Å². The average molecular weight is 233 g/mol. The molecule has 0 amide bonds. The standard InChI is InChI=1S/C15H23NO/c1-10(2)16-15-13-8-6-5-7-12(13)9-14(15)17-11(3)4/h5-8,10-11,14-16H,9H2,1-4H3. The third kappa shape index (κ3) is 2.88. The van der Waals surface area contributed by atoms with Gasteiger partial charge in [0, 0.05) is 12.5 Å². The minimum Gasteiger partial charge on any atom is -0.373 e. The quantitative estimate of drug-likeness (QED) is 0.863. The van der Waals surface area contributed by atoms with Crippen molar-refractivity contribution in [3.05, 3.63) is 35.4 Å². The molecular weight excluding hydrogens is 210 g/mol. The van der Waals surface area contributed by atoms with E-state index in [0.717, 1.165) is 6.42 Å². The Balaban J connectivity index is 2.20. The zero-order chi connectivity index (χ0) is 12.4. The lowest BCUT2D eigenvalue weighted by Crippen LogP contribution is -2.36. The van der Waals surface area contributed by atoms with E-state index in [-0.39, 0.29) is 12.2 Å². The summed E-state index contributed by atoms with van der Waals surface area (Å²) in [5, 5.41) is 3.63. The lowest BCUT2D eigenvalue weighted by Gasteiger charge is -2.26. The summed E-state index contributed by atoms with van der Waals surface area (Å²) in [6.45, 7) is 8.59. The molecule has 2 rings (SSSR count). The van der Waals surface area contributed by atoms with Crippen LogP contribution in [-0.2, 0) is 11.2 Å². The van der Waals surface area contributed by atoms with Crippen molar-refractivity contribution in [2.75, 3.05) is 0 Å². The highest BCUT2D eigenvalue weighted by Crippen LogP contribution is 2.34. The van der Waals surface area contributed by atoms with Gasteiger partial charge in [-0.25, -0.2) is 0 Å². The van der Waals surface area contributed by atoms with Gasteiger partial charge in [-0.2, -0.15) is 0 Å². The first-order valence-corrected chi connectivity index (χ1v) is 6.57. The second-order valence-electron chi connectivity index (χ2n) is 5.43. The fraction of sp³-hybridized carbons (Fsp3) is 0.600. The molecule has 0 saturated carbocycles. The van der Waals surface area contributed by atoms with Crippen LogP contribution in [0.1, 0.15) is 44.9 Å². The molecule has 1 aliphatic rings. The molecule has 1 N–H and O–H groups in total. The molecular formula is C15H23NO. The maximum Gasteiger partial charge on any atom is 0.0813 e.